The van der Waals surface area contributed by atoms with Crippen LogP contribution in [0.15, 0.2) is 0 Å². The van der Waals surface area contributed by atoms with E-state index in [2.05, 4.69) is 4.52 Å². The van der Waals surface area contributed by atoms with E-state index in [1.54, 1.807) is 13.8 Å². The second-order valence-corrected chi connectivity index (χ2v) is 2.59. The molecule has 0 aliphatic heterocycles. The first-order chi connectivity index (χ1) is 4.04. The highest BCUT2D eigenvalue weighted by atomic mass is 31.1. The van der Waals surface area contributed by atoms with Crippen LogP contribution in [-0.4, -0.2) is 17.0 Å². The Morgan fingerprint density at radius 2 is 2.11 bits per heavy atom. The van der Waals surface area contributed by atoms with Crippen molar-refractivity contribution in [3.05, 3.63) is 0 Å². The van der Waals surface area contributed by atoms with Crippen LogP contribution in [0.3, 0.4) is 0 Å². The van der Waals surface area contributed by atoms with Crippen molar-refractivity contribution >= 4 is 8.25 Å². The van der Waals surface area contributed by atoms with Gasteiger partial charge in [0, 0.05) is 10.6 Å². The predicted octanol–water partition coefficient (Wildman–Crippen LogP) is 0.388. The first kappa shape index (κ1) is 8.98. The summed E-state index contributed by atoms with van der Waals surface area (Å²) in [5.41, 5.74) is 5.32. The van der Waals surface area contributed by atoms with Crippen LogP contribution in [-0.2, 0) is 9.09 Å². The Morgan fingerprint density at radius 1 is 1.67 bits per heavy atom. The molecule has 0 bridgehead atoms. The van der Waals surface area contributed by atoms with Crippen molar-refractivity contribution in [1.29, 1.82) is 0 Å². The lowest BCUT2D eigenvalue weighted by Gasteiger charge is -2.05. The topological polar surface area (TPSA) is 72.5 Å². The number of nitrogens with two attached hydrogens (primary N) is 1. The molecule has 0 aliphatic rings. The molecule has 0 radical (unpaired) electrons. The minimum Gasteiger partial charge on any atom is -0.326 e. The summed E-state index contributed by atoms with van der Waals surface area (Å²) >= 11 is 0. The molecular weight excluding hydrogens is 141 g/mol. The molecule has 0 saturated carbocycles. The molecule has 3 unspecified atom stereocenters. The highest BCUT2D eigenvalue weighted by Crippen LogP contribution is 2.18. The summed E-state index contributed by atoms with van der Waals surface area (Å²) in [6, 6.07) is -0.212. The SMILES string of the molecule is CC(N)C(C)O[P+](=O)O. The number of hydrogen-bond donors (Lipinski definition) is 2. The van der Waals surface area contributed by atoms with Crippen molar-refractivity contribution in [1.82, 2.24) is 0 Å². The third-order valence-corrected chi connectivity index (χ3v) is 1.51. The first-order valence-electron chi connectivity index (χ1n) is 2.62. The van der Waals surface area contributed by atoms with Crippen LogP contribution in [0.2, 0.25) is 0 Å². The van der Waals surface area contributed by atoms with Crippen LogP contribution >= 0.6 is 8.25 Å². The van der Waals surface area contributed by atoms with Crippen molar-refractivity contribution in [3.8, 4) is 0 Å². The molecule has 54 valence electrons. The van der Waals surface area contributed by atoms with Gasteiger partial charge in [-0.15, -0.1) is 9.42 Å². The standard InChI is InChI=1S/C4H10NO3P/c1-3(5)4(2)8-9(6)7/h3-4H,5H2,1-2H3/p+1. The summed E-state index contributed by atoms with van der Waals surface area (Å²) < 4.78 is 14.4. The lowest BCUT2D eigenvalue weighted by molar-refractivity contribution is 0.184. The lowest BCUT2D eigenvalue weighted by Crippen LogP contribution is -2.29. The van der Waals surface area contributed by atoms with E-state index in [-0.39, 0.29) is 12.1 Å². The summed E-state index contributed by atoms with van der Waals surface area (Å²) in [7, 11) is -2.50. The van der Waals surface area contributed by atoms with Gasteiger partial charge in [-0.05, 0) is 13.8 Å². The second kappa shape index (κ2) is 3.90. The smallest absolute Gasteiger partial charge is 0.326 e. The third-order valence-electron chi connectivity index (χ3n) is 0.997. The maximum absolute atomic E-state index is 9.98. The molecule has 0 aliphatic carbocycles. The van der Waals surface area contributed by atoms with Gasteiger partial charge >= 0.3 is 8.25 Å². The second-order valence-electron chi connectivity index (χ2n) is 1.91. The van der Waals surface area contributed by atoms with Crippen LogP contribution in [0, 0.1) is 0 Å². The molecular formula is C4H11NO3P+. The molecule has 5 heteroatoms. The monoisotopic (exact) mass is 152 g/mol. The zero-order valence-corrected chi connectivity index (χ0v) is 6.34. The third kappa shape index (κ3) is 4.48. The fraction of sp³-hybridized carbons (Fsp3) is 1.00. The van der Waals surface area contributed by atoms with Crippen molar-refractivity contribution in [2.75, 3.05) is 0 Å². The zero-order chi connectivity index (χ0) is 7.44. The summed E-state index contributed by atoms with van der Waals surface area (Å²) in [5.74, 6) is 0. The van der Waals surface area contributed by atoms with Gasteiger partial charge in [0.2, 0.25) is 0 Å². The highest BCUT2D eigenvalue weighted by molar-refractivity contribution is 7.32. The van der Waals surface area contributed by atoms with Crippen LogP contribution in [0.4, 0.5) is 0 Å². The van der Waals surface area contributed by atoms with Crippen molar-refractivity contribution in [3.63, 3.8) is 0 Å². The van der Waals surface area contributed by atoms with Crippen molar-refractivity contribution in [2.24, 2.45) is 5.73 Å². The average Bonchev–Trinajstić information content (AvgIpc) is 1.63. The van der Waals surface area contributed by atoms with Crippen LogP contribution in [0.25, 0.3) is 0 Å². The van der Waals surface area contributed by atoms with Crippen LogP contribution in [0.5, 0.6) is 0 Å². The minimum absolute atomic E-state index is 0.212. The van der Waals surface area contributed by atoms with Gasteiger partial charge in [0.05, 0.1) is 0 Å². The molecule has 0 spiro atoms. The van der Waals surface area contributed by atoms with Crippen LogP contribution in [0.1, 0.15) is 13.8 Å². The van der Waals surface area contributed by atoms with E-state index in [4.69, 9.17) is 10.6 Å². The fourth-order valence-corrected chi connectivity index (χ4v) is 0.715. The molecule has 0 heterocycles. The van der Waals surface area contributed by atoms with Gasteiger partial charge in [-0.2, -0.15) is 0 Å². The van der Waals surface area contributed by atoms with E-state index in [0.717, 1.165) is 0 Å². The minimum atomic E-state index is -2.50. The van der Waals surface area contributed by atoms with E-state index in [1.807, 2.05) is 0 Å². The molecule has 0 rings (SSSR count). The molecule has 0 aromatic rings. The highest BCUT2D eigenvalue weighted by Gasteiger charge is 2.21. The Bertz CT molecular complexity index is 106. The van der Waals surface area contributed by atoms with E-state index in [0.29, 0.717) is 0 Å². The molecule has 4 nitrogen and oxygen atoms in total. The largest absolute Gasteiger partial charge is 0.695 e. The molecule has 0 saturated heterocycles. The summed E-state index contributed by atoms with van der Waals surface area (Å²) in [4.78, 5) is 8.20. The fourth-order valence-electron chi connectivity index (χ4n) is 0.238. The maximum Gasteiger partial charge on any atom is 0.695 e. The van der Waals surface area contributed by atoms with Crippen LogP contribution < -0.4 is 5.73 Å². The normalized spacial score (nSPS) is 18.9. The Hall–Kier alpha value is -0.0200. The molecule has 0 fully saturated rings. The van der Waals surface area contributed by atoms with Gasteiger partial charge in [-0.3, -0.25) is 0 Å². The number of hydrogen-bond acceptors (Lipinski definition) is 3. The Labute approximate surface area is 55.0 Å². The maximum atomic E-state index is 9.98. The van der Waals surface area contributed by atoms with Gasteiger partial charge in [0.25, 0.3) is 0 Å². The van der Waals surface area contributed by atoms with Gasteiger partial charge in [0.15, 0.2) is 0 Å². The first-order valence-corrected chi connectivity index (χ1v) is 3.75. The van der Waals surface area contributed by atoms with Gasteiger partial charge in [0.1, 0.15) is 6.10 Å². The van der Waals surface area contributed by atoms with E-state index >= 15 is 0 Å². The molecule has 0 amide bonds. The number of rotatable bonds is 3. The van der Waals surface area contributed by atoms with E-state index in [1.165, 1.54) is 0 Å². The Kier molecular flexibility index (Phi) is 3.89. The molecule has 9 heavy (non-hydrogen) atoms. The average molecular weight is 152 g/mol. The lowest BCUT2D eigenvalue weighted by atomic mass is 10.2. The van der Waals surface area contributed by atoms with E-state index < -0.39 is 8.25 Å². The molecule has 0 aromatic carbocycles. The Balaban J connectivity index is 3.50. The van der Waals surface area contributed by atoms with Gasteiger partial charge in [-0.1, -0.05) is 0 Å². The predicted molar refractivity (Wildman–Crippen MR) is 34.0 cm³/mol. The zero-order valence-electron chi connectivity index (χ0n) is 5.44. The van der Waals surface area contributed by atoms with Gasteiger partial charge < -0.3 is 5.73 Å². The molecule has 0 aromatic heterocycles. The van der Waals surface area contributed by atoms with Crippen molar-refractivity contribution in [2.45, 2.75) is 26.0 Å². The summed E-state index contributed by atoms with van der Waals surface area (Å²) in [6.45, 7) is 3.36. The van der Waals surface area contributed by atoms with E-state index in [9.17, 15) is 4.57 Å². The van der Waals surface area contributed by atoms with Gasteiger partial charge in [-0.25, -0.2) is 0 Å². The Morgan fingerprint density at radius 3 is 2.22 bits per heavy atom. The summed E-state index contributed by atoms with van der Waals surface area (Å²) in [6.07, 6.45) is -0.362. The molecule has 3 N–H and O–H groups in total. The quantitative estimate of drug-likeness (QED) is 0.573. The molecule has 3 atom stereocenters. The van der Waals surface area contributed by atoms with Crippen molar-refractivity contribution < 1.29 is 14.0 Å². The summed E-state index contributed by atoms with van der Waals surface area (Å²) in [5, 5.41) is 0.